The second-order valence-electron chi connectivity index (χ2n) is 8.18. The second-order valence-corrected chi connectivity index (χ2v) is 8.18. The molecule has 1 saturated carbocycles. The van der Waals surface area contributed by atoms with Crippen LogP contribution in [0, 0.1) is 13.8 Å². The van der Waals surface area contributed by atoms with Crippen molar-refractivity contribution in [1.82, 2.24) is 20.4 Å². The van der Waals surface area contributed by atoms with Crippen LogP contribution in [0.2, 0.25) is 0 Å². The van der Waals surface area contributed by atoms with Gasteiger partial charge in [-0.25, -0.2) is 4.79 Å². The number of aromatic nitrogens is 2. The molecule has 1 N–H and O–H groups in total. The van der Waals surface area contributed by atoms with Crippen LogP contribution < -0.4 is 10.2 Å². The first-order valence-corrected chi connectivity index (χ1v) is 10.2. The first kappa shape index (κ1) is 18.7. The number of anilines is 1. The van der Waals surface area contributed by atoms with Gasteiger partial charge in [0.25, 0.3) is 0 Å². The van der Waals surface area contributed by atoms with Crippen molar-refractivity contribution in [2.75, 3.05) is 25.0 Å². The van der Waals surface area contributed by atoms with E-state index in [0.717, 1.165) is 38.2 Å². The Labute approximate surface area is 166 Å². The van der Waals surface area contributed by atoms with Gasteiger partial charge in [-0.1, -0.05) is 18.2 Å². The summed E-state index contributed by atoms with van der Waals surface area (Å²) in [7, 11) is 1.91. The topological polar surface area (TPSA) is 61.4 Å². The van der Waals surface area contributed by atoms with E-state index in [1.807, 2.05) is 24.1 Å². The summed E-state index contributed by atoms with van der Waals surface area (Å²) >= 11 is 0. The molecule has 1 aliphatic carbocycles. The van der Waals surface area contributed by atoms with Crippen LogP contribution in [0.15, 0.2) is 36.5 Å². The number of hydrogen-bond acceptors (Lipinski definition) is 4. The van der Waals surface area contributed by atoms with Gasteiger partial charge in [-0.2, -0.15) is 5.10 Å². The number of rotatable bonds is 4. The van der Waals surface area contributed by atoms with Crippen molar-refractivity contribution in [1.29, 1.82) is 0 Å². The fraction of sp³-hybridized carbons (Fsp3) is 0.500. The molecule has 1 saturated heterocycles. The van der Waals surface area contributed by atoms with Crippen molar-refractivity contribution in [3.8, 4) is 0 Å². The van der Waals surface area contributed by atoms with Crippen LogP contribution in [-0.2, 0) is 0 Å². The highest BCUT2D eigenvalue weighted by Crippen LogP contribution is 2.41. The van der Waals surface area contributed by atoms with Gasteiger partial charge in [0.15, 0.2) is 5.82 Å². The Morgan fingerprint density at radius 1 is 1.25 bits per heavy atom. The number of hydrogen-bond donors (Lipinski definition) is 1. The molecule has 0 radical (unpaired) electrons. The number of benzene rings is 1. The third-order valence-electron chi connectivity index (χ3n) is 6.21. The summed E-state index contributed by atoms with van der Waals surface area (Å²) in [5, 5.41) is 11.4. The van der Waals surface area contributed by atoms with E-state index in [4.69, 9.17) is 0 Å². The number of nitrogens with zero attached hydrogens (tertiary/aromatic N) is 4. The van der Waals surface area contributed by atoms with Crippen molar-refractivity contribution in [2.45, 2.75) is 51.1 Å². The Morgan fingerprint density at radius 2 is 2.11 bits per heavy atom. The molecule has 2 aromatic rings. The maximum absolute atomic E-state index is 12.8. The summed E-state index contributed by atoms with van der Waals surface area (Å²) in [6, 6.07) is 11.0. The van der Waals surface area contributed by atoms with Crippen molar-refractivity contribution in [2.24, 2.45) is 0 Å². The van der Waals surface area contributed by atoms with Crippen LogP contribution in [0.25, 0.3) is 0 Å². The Morgan fingerprint density at radius 3 is 2.86 bits per heavy atom. The lowest BCUT2D eigenvalue weighted by Crippen LogP contribution is -2.52. The second kappa shape index (κ2) is 7.78. The van der Waals surface area contributed by atoms with Crippen LogP contribution in [-0.4, -0.2) is 53.3 Å². The van der Waals surface area contributed by atoms with E-state index in [1.54, 1.807) is 6.20 Å². The third-order valence-corrected chi connectivity index (χ3v) is 6.21. The van der Waals surface area contributed by atoms with Gasteiger partial charge in [-0.15, -0.1) is 5.10 Å². The molecule has 0 bridgehead atoms. The normalized spacial score (nSPS) is 24.0. The minimum Gasteiger partial charge on any atom is -0.353 e. The van der Waals surface area contributed by atoms with Crippen molar-refractivity contribution < 1.29 is 4.79 Å². The molecule has 2 fully saturated rings. The summed E-state index contributed by atoms with van der Waals surface area (Å²) in [5.74, 6) is 1.33. The maximum Gasteiger partial charge on any atom is 0.317 e. The molecule has 6 heteroatoms. The Kier molecular flexibility index (Phi) is 5.20. The van der Waals surface area contributed by atoms with Crippen LogP contribution in [0.5, 0.6) is 0 Å². The molecular weight excluding hydrogens is 350 g/mol. The number of amides is 2. The van der Waals surface area contributed by atoms with Crippen LogP contribution in [0.3, 0.4) is 0 Å². The van der Waals surface area contributed by atoms with Gasteiger partial charge in [-0.05, 0) is 61.9 Å². The minimum atomic E-state index is 0.0299. The van der Waals surface area contributed by atoms with Crippen LogP contribution in [0.4, 0.5) is 10.6 Å². The van der Waals surface area contributed by atoms with Gasteiger partial charge in [-0.3, -0.25) is 0 Å². The van der Waals surface area contributed by atoms with E-state index in [1.165, 1.54) is 16.7 Å². The lowest BCUT2D eigenvalue weighted by Gasteiger charge is -2.38. The molecule has 0 spiro atoms. The molecule has 28 heavy (non-hydrogen) atoms. The fourth-order valence-electron chi connectivity index (χ4n) is 4.09. The number of likely N-dealkylation sites (N-methyl/N-ethyl adjacent to an activating group) is 1. The maximum atomic E-state index is 12.8. The van der Waals surface area contributed by atoms with Gasteiger partial charge in [0, 0.05) is 38.3 Å². The SMILES string of the molecule is Cc1ccc(C2CC2NC(=O)N(C)[C@@H]2CCCN(c3cccnn3)C2)cc1C. The van der Waals surface area contributed by atoms with E-state index in [9.17, 15) is 4.79 Å². The number of carbonyl (C=O) groups excluding carboxylic acids is 1. The smallest absolute Gasteiger partial charge is 0.317 e. The first-order valence-electron chi connectivity index (χ1n) is 10.2. The average Bonchev–Trinajstić information content (AvgIpc) is 3.49. The zero-order valence-electron chi connectivity index (χ0n) is 16.9. The van der Waals surface area contributed by atoms with Crippen molar-refractivity contribution in [3.05, 3.63) is 53.2 Å². The molecule has 2 amide bonds. The molecule has 6 nitrogen and oxygen atoms in total. The lowest BCUT2D eigenvalue weighted by molar-refractivity contribution is 0.182. The molecule has 2 unspecified atom stereocenters. The molecular formula is C22H29N5O. The molecule has 148 valence electrons. The first-order chi connectivity index (χ1) is 13.5. The Balaban J connectivity index is 1.33. The zero-order chi connectivity index (χ0) is 19.7. The highest BCUT2D eigenvalue weighted by atomic mass is 16.2. The molecule has 1 aromatic heterocycles. The summed E-state index contributed by atoms with van der Waals surface area (Å²) < 4.78 is 0. The molecule has 4 rings (SSSR count). The standard InChI is InChI=1S/C22H29N5O/c1-15-8-9-17(12-16(15)2)19-13-20(19)24-22(28)26(3)18-6-5-11-27(14-18)21-7-4-10-23-25-21/h4,7-10,12,18-20H,5-6,11,13-14H2,1-3H3,(H,24,28)/t18-,19?,20?/m1/s1. The highest BCUT2D eigenvalue weighted by Gasteiger charge is 2.40. The van der Waals surface area contributed by atoms with E-state index >= 15 is 0 Å². The predicted molar refractivity (Wildman–Crippen MR) is 111 cm³/mol. The van der Waals surface area contributed by atoms with Gasteiger partial charge < -0.3 is 15.1 Å². The minimum absolute atomic E-state index is 0.0299. The van der Waals surface area contributed by atoms with Crippen LogP contribution in [0.1, 0.15) is 41.9 Å². The Hall–Kier alpha value is -2.63. The number of piperidine rings is 1. The van der Waals surface area contributed by atoms with Crippen molar-refractivity contribution >= 4 is 11.8 Å². The highest BCUT2D eigenvalue weighted by molar-refractivity contribution is 5.75. The number of nitrogens with one attached hydrogen (secondary N) is 1. The van der Waals surface area contributed by atoms with E-state index in [2.05, 4.69) is 52.5 Å². The average molecular weight is 380 g/mol. The summed E-state index contributed by atoms with van der Waals surface area (Å²) in [6.45, 7) is 6.04. The largest absolute Gasteiger partial charge is 0.353 e. The molecule has 1 aliphatic heterocycles. The van der Waals surface area contributed by atoms with E-state index < -0.39 is 0 Å². The third kappa shape index (κ3) is 3.96. The summed E-state index contributed by atoms with van der Waals surface area (Å²) in [6.07, 6.45) is 4.78. The Bertz CT molecular complexity index is 840. The van der Waals surface area contributed by atoms with E-state index in [-0.39, 0.29) is 18.1 Å². The molecule has 2 heterocycles. The van der Waals surface area contributed by atoms with Gasteiger partial charge in [0.1, 0.15) is 0 Å². The number of urea groups is 1. The summed E-state index contributed by atoms with van der Waals surface area (Å²) in [5.41, 5.74) is 3.97. The molecule has 2 aliphatic rings. The number of aryl methyl sites for hydroxylation is 2. The van der Waals surface area contributed by atoms with Gasteiger partial charge in [0.05, 0.1) is 6.04 Å². The number of carbonyl (C=O) groups is 1. The quantitative estimate of drug-likeness (QED) is 0.886. The molecule has 3 atom stereocenters. The molecule has 1 aromatic carbocycles. The predicted octanol–water partition coefficient (Wildman–Crippen LogP) is 3.26. The monoisotopic (exact) mass is 379 g/mol. The lowest BCUT2D eigenvalue weighted by atomic mass is 10.0. The van der Waals surface area contributed by atoms with E-state index in [0.29, 0.717) is 5.92 Å². The zero-order valence-corrected chi connectivity index (χ0v) is 16.9. The fourth-order valence-corrected chi connectivity index (χ4v) is 4.09. The van der Waals surface area contributed by atoms with Gasteiger partial charge in [0.2, 0.25) is 0 Å². The van der Waals surface area contributed by atoms with Crippen LogP contribution >= 0.6 is 0 Å². The van der Waals surface area contributed by atoms with Gasteiger partial charge >= 0.3 is 6.03 Å². The summed E-state index contributed by atoms with van der Waals surface area (Å²) in [4.78, 5) is 16.9. The van der Waals surface area contributed by atoms with Crippen molar-refractivity contribution in [3.63, 3.8) is 0 Å².